The highest BCUT2D eigenvalue weighted by Crippen LogP contribution is 2.19. The van der Waals surface area contributed by atoms with Gasteiger partial charge in [0.25, 0.3) is 10.0 Å². The number of hydrogen-bond acceptors (Lipinski definition) is 5. The SMILES string of the molecule is Cc1ccc(S(=O)(=O)Nc2ccc(NCc3ccncc3)nc2)cc1C. The van der Waals surface area contributed by atoms with Gasteiger partial charge in [0.1, 0.15) is 5.82 Å². The Hall–Kier alpha value is -2.93. The van der Waals surface area contributed by atoms with Gasteiger partial charge in [-0.3, -0.25) is 9.71 Å². The summed E-state index contributed by atoms with van der Waals surface area (Å²) in [5.41, 5.74) is 3.48. The van der Waals surface area contributed by atoms with Gasteiger partial charge < -0.3 is 5.32 Å². The monoisotopic (exact) mass is 368 g/mol. The van der Waals surface area contributed by atoms with Crippen LogP contribution in [0.5, 0.6) is 0 Å². The molecule has 1 aromatic carbocycles. The number of aromatic nitrogens is 2. The third-order valence-electron chi connectivity index (χ3n) is 4.03. The van der Waals surface area contributed by atoms with Crippen molar-refractivity contribution in [1.29, 1.82) is 0 Å². The van der Waals surface area contributed by atoms with Gasteiger partial charge in [-0.2, -0.15) is 0 Å². The minimum Gasteiger partial charge on any atom is -0.366 e. The fourth-order valence-electron chi connectivity index (χ4n) is 2.35. The summed E-state index contributed by atoms with van der Waals surface area (Å²) in [7, 11) is -3.64. The standard InChI is InChI=1S/C19H20N4O2S/c1-14-3-5-18(11-15(14)2)26(24,25)23-17-4-6-19(22-13-17)21-12-16-7-9-20-10-8-16/h3-11,13,23H,12H2,1-2H3,(H,21,22). The van der Waals surface area contributed by atoms with E-state index in [-0.39, 0.29) is 4.90 Å². The molecule has 0 aliphatic heterocycles. The van der Waals surface area contributed by atoms with Crippen molar-refractivity contribution in [2.45, 2.75) is 25.3 Å². The Morgan fingerprint density at radius 2 is 1.73 bits per heavy atom. The van der Waals surface area contributed by atoms with E-state index in [1.54, 1.807) is 42.7 Å². The number of aryl methyl sites for hydroxylation is 2. The minimum atomic E-state index is -3.64. The first kappa shape index (κ1) is 17.9. The molecule has 0 aliphatic carbocycles. The molecule has 0 aliphatic rings. The van der Waals surface area contributed by atoms with Crippen LogP contribution in [0, 0.1) is 13.8 Å². The highest BCUT2D eigenvalue weighted by atomic mass is 32.2. The molecule has 3 aromatic rings. The predicted molar refractivity (Wildman–Crippen MR) is 103 cm³/mol. The van der Waals surface area contributed by atoms with Crippen molar-refractivity contribution < 1.29 is 8.42 Å². The zero-order valence-electron chi connectivity index (χ0n) is 14.6. The van der Waals surface area contributed by atoms with Gasteiger partial charge in [0, 0.05) is 18.9 Å². The van der Waals surface area contributed by atoms with Crippen molar-refractivity contribution in [2.24, 2.45) is 0 Å². The second-order valence-electron chi connectivity index (χ2n) is 5.99. The molecule has 26 heavy (non-hydrogen) atoms. The fraction of sp³-hybridized carbons (Fsp3) is 0.158. The molecule has 0 bridgehead atoms. The lowest BCUT2D eigenvalue weighted by Crippen LogP contribution is -2.13. The van der Waals surface area contributed by atoms with Crippen molar-refractivity contribution in [3.63, 3.8) is 0 Å². The van der Waals surface area contributed by atoms with Gasteiger partial charge in [0.05, 0.1) is 16.8 Å². The van der Waals surface area contributed by atoms with Gasteiger partial charge in [-0.1, -0.05) is 6.07 Å². The van der Waals surface area contributed by atoms with Crippen LogP contribution in [0.1, 0.15) is 16.7 Å². The van der Waals surface area contributed by atoms with E-state index in [2.05, 4.69) is 20.0 Å². The van der Waals surface area contributed by atoms with Crippen molar-refractivity contribution >= 4 is 21.5 Å². The fourth-order valence-corrected chi connectivity index (χ4v) is 3.48. The molecule has 0 saturated carbocycles. The van der Waals surface area contributed by atoms with Gasteiger partial charge in [-0.15, -0.1) is 0 Å². The first-order valence-corrected chi connectivity index (χ1v) is 9.61. The molecule has 0 spiro atoms. The number of hydrogen-bond donors (Lipinski definition) is 2. The summed E-state index contributed by atoms with van der Waals surface area (Å²) in [6.07, 6.45) is 4.96. The van der Waals surface area contributed by atoms with Crippen LogP contribution >= 0.6 is 0 Å². The number of pyridine rings is 2. The van der Waals surface area contributed by atoms with Crippen LogP contribution in [0.2, 0.25) is 0 Å². The Morgan fingerprint density at radius 1 is 0.962 bits per heavy atom. The Labute approximate surface area is 153 Å². The highest BCUT2D eigenvalue weighted by molar-refractivity contribution is 7.92. The van der Waals surface area contributed by atoms with Crippen LogP contribution in [-0.4, -0.2) is 18.4 Å². The lowest BCUT2D eigenvalue weighted by Gasteiger charge is -2.10. The summed E-state index contributed by atoms with van der Waals surface area (Å²) in [4.78, 5) is 8.46. The molecule has 6 nitrogen and oxygen atoms in total. The number of anilines is 2. The average Bonchev–Trinajstić information content (AvgIpc) is 2.64. The maximum atomic E-state index is 12.5. The van der Waals surface area contributed by atoms with Crippen molar-refractivity contribution in [2.75, 3.05) is 10.0 Å². The molecule has 0 radical (unpaired) electrons. The molecule has 2 aromatic heterocycles. The van der Waals surface area contributed by atoms with Crippen molar-refractivity contribution in [3.8, 4) is 0 Å². The van der Waals surface area contributed by atoms with Crippen LogP contribution in [0.4, 0.5) is 11.5 Å². The lowest BCUT2D eigenvalue weighted by atomic mass is 10.1. The molecule has 2 N–H and O–H groups in total. The van der Waals surface area contributed by atoms with Gasteiger partial charge in [-0.25, -0.2) is 13.4 Å². The van der Waals surface area contributed by atoms with Crippen LogP contribution in [0.25, 0.3) is 0 Å². The summed E-state index contributed by atoms with van der Waals surface area (Å²) in [6, 6.07) is 12.3. The third-order valence-corrected chi connectivity index (χ3v) is 5.41. The summed E-state index contributed by atoms with van der Waals surface area (Å²) in [5, 5.41) is 3.18. The predicted octanol–water partition coefficient (Wildman–Crippen LogP) is 3.51. The summed E-state index contributed by atoms with van der Waals surface area (Å²) < 4.78 is 27.6. The van der Waals surface area contributed by atoms with Gasteiger partial charge >= 0.3 is 0 Å². The molecule has 0 saturated heterocycles. The number of rotatable bonds is 6. The normalized spacial score (nSPS) is 11.2. The maximum absolute atomic E-state index is 12.5. The average molecular weight is 368 g/mol. The first-order chi connectivity index (χ1) is 12.4. The van der Waals surface area contributed by atoms with E-state index in [9.17, 15) is 8.42 Å². The molecule has 7 heteroatoms. The Balaban J connectivity index is 1.67. The molecular formula is C19H20N4O2S. The molecule has 0 fully saturated rings. The topological polar surface area (TPSA) is 84.0 Å². The minimum absolute atomic E-state index is 0.237. The molecule has 0 amide bonds. The second-order valence-corrected chi connectivity index (χ2v) is 7.68. The summed E-state index contributed by atoms with van der Waals surface area (Å²) in [6.45, 7) is 4.45. The van der Waals surface area contributed by atoms with E-state index in [1.165, 1.54) is 6.20 Å². The van der Waals surface area contributed by atoms with Crippen LogP contribution in [0.3, 0.4) is 0 Å². The maximum Gasteiger partial charge on any atom is 0.261 e. The van der Waals surface area contributed by atoms with E-state index in [0.717, 1.165) is 16.7 Å². The largest absolute Gasteiger partial charge is 0.366 e. The number of nitrogens with zero attached hydrogens (tertiary/aromatic N) is 2. The number of nitrogens with one attached hydrogen (secondary N) is 2. The Kier molecular flexibility index (Phi) is 5.18. The van der Waals surface area contributed by atoms with Crippen LogP contribution in [0.15, 0.2) is 66.0 Å². The van der Waals surface area contributed by atoms with E-state index in [4.69, 9.17) is 0 Å². The molecule has 2 heterocycles. The third kappa shape index (κ3) is 4.37. The molecular weight excluding hydrogens is 348 g/mol. The first-order valence-electron chi connectivity index (χ1n) is 8.13. The van der Waals surface area contributed by atoms with E-state index in [0.29, 0.717) is 18.1 Å². The van der Waals surface area contributed by atoms with Gasteiger partial charge in [-0.05, 0) is 66.9 Å². The van der Waals surface area contributed by atoms with Crippen molar-refractivity contribution in [3.05, 3.63) is 77.7 Å². The van der Waals surface area contributed by atoms with E-state index in [1.807, 2.05) is 26.0 Å². The smallest absolute Gasteiger partial charge is 0.261 e. The zero-order chi connectivity index (χ0) is 18.6. The summed E-state index contributed by atoms with van der Waals surface area (Å²) in [5.74, 6) is 0.663. The van der Waals surface area contributed by atoms with Crippen LogP contribution < -0.4 is 10.0 Å². The Morgan fingerprint density at radius 3 is 2.38 bits per heavy atom. The zero-order valence-corrected chi connectivity index (χ0v) is 15.4. The van der Waals surface area contributed by atoms with Gasteiger partial charge in [0.15, 0.2) is 0 Å². The quantitative estimate of drug-likeness (QED) is 0.696. The van der Waals surface area contributed by atoms with Gasteiger partial charge in [0.2, 0.25) is 0 Å². The second kappa shape index (κ2) is 7.53. The highest BCUT2D eigenvalue weighted by Gasteiger charge is 2.15. The molecule has 134 valence electrons. The molecule has 0 atom stereocenters. The van der Waals surface area contributed by atoms with E-state index >= 15 is 0 Å². The number of benzene rings is 1. The van der Waals surface area contributed by atoms with Crippen LogP contribution in [-0.2, 0) is 16.6 Å². The molecule has 3 rings (SSSR count). The number of sulfonamides is 1. The van der Waals surface area contributed by atoms with Crippen molar-refractivity contribution in [1.82, 2.24) is 9.97 Å². The Bertz CT molecular complexity index is 988. The lowest BCUT2D eigenvalue weighted by molar-refractivity contribution is 0.601. The molecule has 0 unspecified atom stereocenters. The summed E-state index contributed by atoms with van der Waals surface area (Å²) >= 11 is 0. The van der Waals surface area contributed by atoms with E-state index < -0.39 is 10.0 Å².